The highest BCUT2D eigenvalue weighted by Gasteiger charge is 2.03. The van der Waals surface area contributed by atoms with E-state index in [1.165, 1.54) is 0 Å². The summed E-state index contributed by atoms with van der Waals surface area (Å²) in [5, 5.41) is 0.132. The van der Waals surface area contributed by atoms with Gasteiger partial charge in [0.2, 0.25) is 0 Å². The van der Waals surface area contributed by atoms with Gasteiger partial charge in [0.1, 0.15) is 0 Å². The zero-order valence-electron chi connectivity index (χ0n) is 8.88. The van der Waals surface area contributed by atoms with Crippen LogP contribution >= 0.6 is 11.6 Å². The smallest absolute Gasteiger partial charge is 0.0626 e. The largest absolute Gasteiger partial charge is 0.383 e. The molecule has 2 nitrogen and oxygen atoms in total. The molecule has 0 aromatic heterocycles. The van der Waals surface area contributed by atoms with Crippen LogP contribution in [0.3, 0.4) is 0 Å². The maximum absolute atomic E-state index is 5.94. The molecule has 3 heteroatoms. The summed E-state index contributed by atoms with van der Waals surface area (Å²) in [6.07, 6.45) is 1.98. The first-order valence-corrected chi connectivity index (χ1v) is 5.31. The maximum atomic E-state index is 5.94. The van der Waals surface area contributed by atoms with E-state index in [4.69, 9.17) is 21.1 Å². The van der Waals surface area contributed by atoms with Crippen LogP contribution in [0.25, 0.3) is 0 Å². The standard InChI is InChI=1S/C10H21ClO2/c1-9(2)7-13-6-4-5-10(11)8-12-3/h9-10H,4-8H2,1-3H3. The topological polar surface area (TPSA) is 18.5 Å². The second-order valence-electron chi connectivity index (χ2n) is 3.66. The van der Waals surface area contributed by atoms with Crippen molar-refractivity contribution in [3.05, 3.63) is 0 Å². The van der Waals surface area contributed by atoms with Crippen LogP contribution < -0.4 is 0 Å². The van der Waals surface area contributed by atoms with Crippen molar-refractivity contribution in [2.75, 3.05) is 26.9 Å². The van der Waals surface area contributed by atoms with Crippen molar-refractivity contribution >= 4 is 11.6 Å². The number of methoxy groups -OCH3 is 1. The van der Waals surface area contributed by atoms with Gasteiger partial charge >= 0.3 is 0 Å². The molecular weight excluding hydrogens is 188 g/mol. The molecule has 80 valence electrons. The summed E-state index contributed by atoms with van der Waals surface area (Å²) in [6, 6.07) is 0. The van der Waals surface area contributed by atoms with Crippen molar-refractivity contribution in [3.63, 3.8) is 0 Å². The second kappa shape index (κ2) is 8.79. The fourth-order valence-electron chi connectivity index (χ4n) is 0.990. The fourth-order valence-corrected chi connectivity index (χ4v) is 1.27. The van der Waals surface area contributed by atoms with Crippen LogP contribution in [0.2, 0.25) is 0 Å². The van der Waals surface area contributed by atoms with Crippen molar-refractivity contribution < 1.29 is 9.47 Å². The molecule has 0 saturated heterocycles. The lowest BCUT2D eigenvalue weighted by atomic mass is 10.2. The number of hydrogen-bond acceptors (Lipinski definition) is 2. The van der Waals surface area contributed by atoms with E-state index in [0.717, 1.165) is 26.1 Å². The molecule has 0 saturated carbocycles. The molecule has 0 N–H and O–H groups in total. The van der Waals surface area contributed by atoms with E-state index < -0.39 is 0 Å². The predicted octanol–water partition coefficient (Wildman–Crippen LogP) is 2.69. The Morgan fingerprint density at radius 2 is 1.92 bits per heavy atom. The number of ether oxygens (including phenoxy) is 2. The van der Waals surface area contributed by atoms with Gasteiger partial charge < -0.3 is 9.47 Å². The van der Waals surface area contributed by atoms with Gasteiger partial charge in [-0.2, -0.15) is 0 Å². The van der Waals surface area contributed by atoms with Gasteiger partial charge in [0.05, 0.1) is 12.0 Å². The van der Waals surface area contributed by atoms with Crippen LogP contribution in [0.1, 0.15) is 26.7 Å². The van der Waals surface area contributed by atoms with Crippen LogP contribution in [0.4, 0.5) is 0 Å². The van der Waals surface area contributed by atoms with Gasteiger partial charge in [-0.3, -0.25) is 0 Å². The van der Waals surface area contributed by atoms with Crippen LogP contribution in [0.15, 0.2) is 0 Å². The van der Waals surface area contributed by atoms with Gasteiger partial charge in [-0.15, -0.1) is 11.6 Å². The average molecular weight is 209 g/mol. The summed E-state index contributed by atoms with van der Waals surface area (Å²) in [7, 11) is 1.67. The summed E-state index contributed by atoms with van der Waals surface area (Å²) in [4.78, 5) is 0. The summed E-state index contributed by atoms with van der Waals surface area (Å²) in [5.41, 5.74) is 0. The van der Waals surface area contributed by atoms with Crippen LogP contribution in [0, 0.1) is 5.92 Å². The van der Waals surface area contributed by atoms with Gasteiger partial charge in [-0.1, -0.05) is 13.8 Å². The van der Waals surface area contributed by atoms with Crippen molar-refractivity contribution in [3.8, 4) is 0 Å². The Labute approximate surface area is 86.6 Å². The molecule has 0 spiro atoms. The maximum Gasteiger partial charge on any atom is 0.0626 e. The number of alkyl halides is 1. The lowest BCUT2D eigenvalue weighted by molar-refractivity contribution is 0.104. The normalized spacial score (nSPS) is 13.6. The molecule has 0 aromatic carbocycles. The average Bonchev–Trinajstić information content (AvgIpc) is 2.03. The van der Waals surface area contributed by atoms with Gasteiger partial charge in [0.15, 0.2) is 0 Å². The first-order chi connectivity index (χ1) is 6.16. The molecule has 13 heavy (non-hydrogen) atoms. The molecule has 0 rings (SSSR count). The van der Waals surface area contributed by atoms with E-state index >= 15 is 0 Å². The van der Waals surface area contributed by atoms with Crippen LogP contribution in [-0.2, 0) is 9.47 Å². The van der Waals surface area contributed by atoms with Gasteiger partial charge in [-0.05, 0) is 18.8 Å². The molecular formula is C10H21ClO2. The molecule has 1 atom stereocenters. The minimum Gasteiger partial charge on any atom is -0.383 e. The molecule has 0 bridgehead atoms. The van der Waals surface area contributed by atoms with Crippen LogP contribution in [0.5, 0.6) is 0 Å². The van der Waals surface area contributed by atoms with Crippen molar-refractivity contribution in [2.45, 2.75) is 32.1 Å². The number of hydrogen-bond donors (Lipinski definition) is 0. The molecule has 1 unspecified atom stereocenters. The zero-order valence-corrected chi connectivity index (χ0v) is 9.64. The third-order valence-electron chi connectivity index (χ3n) is 1.60. The highest BCUT2D eigenvalue weighted by atomic mass is 35.5. The third-order valence-corrected chi connectivity index (χ3v) is 1.95. The first kappa shape index (κ1) is 13.2. The highest BCUT2D eigenvalue weighted by molar-refractivity contribution is 6.20. The Bertz CT molecular complexity index is 107. The van der Waals surface area contributed by atoms with Gasteiger partial charge in [0, 0.05) is 20.3 Å². The first-order valence-electron chi connectivity index (χ1n) is 4.87. The van der Waals surface area contributed by atoms with E-state index in [-0.39, 0.29) is 5.38 Å². The van der Waals surface area contributed by atoms with Gasteiger partial charge in [0.25, 0.3) is 0 Å². The molecule has 0 aliphatic rings. The Hall–Kier alpha value is 0.210. The summed E-state index contributed by atoms with van der Waals surface area (Å²) in [6.45, 7) is 6.58. The predicted molar refractivity (Wildman–Crippen MR) is 56.4 cm³/mol. The van der Waals surface area contributed by atoms with E-state index in [1.54, 1.807) is 7.11 Å². The van der Waals surface area contributed by atoms with Crippen molar-refractivity contribution in [1.82, 2.24) is 0 Å². The zero-order chi connectivity index (χ0) is 10.1. The van der Waals surface area contributed by atoms with E-state index in [9.17, 15) is 0 Å². The molecule has 0 amide bonds. The van der Waals surface area contributed by atoms with Crippen LogP contribution in [-0.4, -0.2) is 32.3 Å². The summed E-state index contributed by atoms with van der Waals surface area (Å²) >= 11 is 5.94. The lowest BCUT2D eigenvalue weighted by Gasteiger charge is -2.09. The Morgan fingerprint density at radius 1 is 1.23 bits per heavy atom. The van der Waals surface area contributed by atoms with Crippen molar-refractivity contribution in [2.24, 2.45) is 5.92 Å². The Kier molecular flexibility index (Phi) is 8.93. The molecule has 0 aliphatic heterocycles. The molecule has 0 aromatic rings. The summed E-state index contributed by atoms with van der Waals surface area (Å²) in [5.74, 6) is 0.616. The Morgan fingerprint density at radius 3 is 2.46 bits per heavy atom. The second-order valence-corrected chi connectivity index (χ2v) is 4.28. The number of rotatable bonds is 8. The van der Waals surface area contributed by atoms with Gasteiger partial charge in [-0.25, -0.2) is 0 Å². The Balaban J connectivity index is 3.06. The molecule has 0 fully saturated rings. The fraction of sp³-hybridized carbons (Fsp3) is 1.00. The molecule has 0 aliphatic carbocycles. The molecule has 0 radical (unpaired) electrons. The molecule has 0 heterocycles. The monoisotopic (exact) mass is 208 g/mol. The van der Waals surface area contributed by atoms with E-state index in [2.05, 4.69) is 13.8 Å². The SMILES string of the molecule is COCC(Cl)CCCOCC(C)C. The minimum atomic E-state index is 0.132. The summed E-state index contributed by atoms with van der Waals surface area (Å²) < 4.78 is 10.4. The van der Waals surface area contributed by atoms with E-state index in [1.807, 2.05) is 0 Å². The minimum absolute atomic E-state index is 0.132. The lowest BCUT2D eigenvalue weighted by Crippen LogP contribution is -2.09. The quantitative estimate of drug-likeness (QED) is 0.451. The highest BCUT2D eigenvalue weighted by Crippen LogP contribution is 2.06. The van der Waals surface area contributed by atoms with Crippen molar-refractivity contribution in [1.29, 1.82) is 0 Å². The van der Waals surface area contributed by atoms with E-state index in [0.29, 0.717) is 12.5 Å². The third kappa shape index (κ3) is 10.1. The number of halogens is 1.